The molecule has 1 N–H and O–H groups in total. The van der Waals surface area contributed by atoms with E-state index >= 15 is 0 Å². The van der Waals surface area contributed by atoms with Crippen molar-refractivity contribution in [2.24, 2.45) is 0 Å². The lowest BCUT2D eigenvalue weighted by Crippen LogP contribution is -2.53. The number of carbonyl (C=O) groups excluding carboxylic acids is 2. The zero-order valence-corrected chi connectivity index (χ0v) is 17.7. The molecule has 5 nitrogen and oxygen atoms in total. The molecular weight excluding hydrogens is 393 g/mol. The number of nitrogens with one attached hydrogen (secondary N) is 1. The number of amides is 2. The molecule has 0 unspecified atom stereocenters. The van der Waals surface area contributed by atoms with Gasteiger partial charge in [0.15, 0.2) is 0 Å². The van der Waals surface area contributed by atoms with E-state index in [1.54, 1.807) is 18.2 Å². The molecule has 26 heavy (non-hydrogen) atoms. The van der Waals surface area contributed by atoms with E-state index in [1.807, 2.05) is 25.7 Å². The van der Waals surface area contributed by atoms with Crippen LogP contribution in [0.1, 0.15) is 20.8 Å². The summed E-state index contributed by atoms with van der Waals surface area (Å²) in [5.41, 5.74) is -0.230. The van der Waals surface area contributed by atoms with Crippen LogP contribution in [0.3, 0.4) is 0 Å². The highest BCUT2D eigenvalue weighted by Crippen LogP contribution is 2.33. The van der Waals surface area contributed by atoms with Gasteiger partial charge < -0.3 is 10.2 Å². The maximum absolute atomic E-state index is 12.4. The number of rotatable bonds is 5. The molecule has 0 atom stereocenters. The van der Waals surface area contributed by atoms with E-state index in [4.69, 9.17) is 23.2 Å². The van der Waals surface area contributed by atoms with Crippen LogP contribution in [0.4, 0.5) is 0 Å². The summed E-state index contributed by atoms with van der Waals surface area (Å²) in [6, 6.07) is 5.31. The number of nitrogens with zero attached hydrogens (tertiary/aromatic N) is 2. The number of thioether (sulfide) groups is 1. The quantitative estimate of drug-likeness (QED) is 0.747. The zero-order chi connectivity index (χ0) is 19.3. The molecule has 0 aliphatic carbocycles. The fourth-order valence-corrected chi connectivity index (χ4v) is 4.25. The van der Waals surface area contributed by atoms with Crippen LogP contribution in [0.15, 0.2) is 23.1 Å². The van der Waals surface area contributed by atoms with Crippen LogP contribution in [0.2, 0.25) is 10.0 Å². The predicted molar refractivity (Wildman–Crippen MR) is 108 cm³/mol. The van der Waals surface area contributed by atoms with Gasteiger partial charge in [0.05, 0.1) is 22.3 Å². The van der Waals surface area contributed by atoms with Crippen molar-refractivity contribution in [1.29, 1.82) is 0 Å². The summed E-state index contributed by atoms with van der Waals surface area (Å²) >= 11 is 13.6. The Hall–Kier alpha value is -0.950. The van der Waals surface area contributed by atoms with Crippen LogP contribution < -0.4 is 5.32 Å². The molecule has 1 saturated heterocycles. The van der Waals surface area contributed by atoms with E-state index in [-0.39, 0.29) is 17.4 Å². The molecule has 0 bridgehead atoms. The predicted octanol–water partition coefficient (Wildman–Crippen LogP) is 3.14. The SMILES string of the molecule is CC(C)(C)NC(=O)CN1CCN(C(=O)CSc2c(Cl)cccc2Cl)CC1. The molecule has 2 rings (SSSR count). The molecule has 8 heteroatoms. The van der Waals surface area contributed by atoms with E-state index < -0.39 is 0 Å². The smallest absolute Gasteiger partial charge is 0.234 e. The maximum atomic E-state index is 12.4. The lowest BCUT2D eigenvalue weighted by molar-refractivity contribution is -0.130. The topological polar surface area (TPSA) is 52.7 Å². The third-order valence-electron chi connectivity index (χ3n) is 3.87. The van der Waals surface area contributed by atoms with Crippen LogP contribution in [0.25, 0.3) is 0 Å². The van der Waals surface area contributed by atoms with Crippen LogP contribution in [0.5, 0.6) is 0 Å². The lowest BCUT2D eigenvalue weighted by atomic mass is 10.1. The molecule has 1 heterocycles. The molecule has 1 aromatic rings. The van der Waals surface area contributed by atoms with Gasteiger partial charge in [-0.3, -0.25) is 14.5 Å². The number of hydrogen-bond acceptors (Lipinski definition) is 4. The van der Waals surface area contributed by atoms with Crippen molar-refractivity contribution in [2.45, 2.75) is 31.2 Å². The first-order chi connectivity index (χ1) is 12.2. The summed E-state index contributed by atoms with van der Waals surface area (Å²) < 4.78 is 0. The highest BCUT2D eigenvalue weighted by atomic mass is 35.5. The van der Waals surface area contributed by atoms with Gasteiger partial charge in [-0.15, -0.1) is 11.8 Å². The Balaban J connectivity index is 1.77. The number of carbonyl (C=O) groups is 2. The Morgan fingerprint density at radius 1 is 1.12 bits per heavy atom. The van der Waals surface area contributed by atoms with E-state index in [0.717, 1.165) is 4.90 Å². The minimum Gasteiger partial charge on any atom is -0.350 e. The van der Waals surface area contributed by atoms with Crippen LogP contribution in [0, 0.1) is 0 Å². The first-order valence-corrected chi connectivity index (χ1v) is 10.3. The van der Waals surface area contributed by atoms with Crippen LogP contribution >= 0.6 is 35.0 Å². The minimum absolute atomic E-state index is 0.0150. The Bertz CT molecular complexity index is 636. The van der Waals surface area contributed by atoms with Gasteiger partial charge in [-0.25, -0.2) is 0 Å². The molecule has 0 radical (unpaired) electrons. The van der Waals surface area contributed by atoms with Gasteiger partial charge in [-0.1, -0.05) is 29.3 Å². The summed E-state index contributed by atoms with van der Waals surface area (Å²) in [6.07, 6.45) is 0. The highest BCUT2D eigenvalue weighted by Gasteiger charge is 2.24. The van der Waals surface area contributed by atoms with Gasteiger partial charge in [0.25, 0.3) is 0 Å². The lowest BCUT2D eigenvalue weighted by Gasteiger charge is -2.35. The molecule has 144 valence electrons. The molecule has 0 aromatic heterocycles. The average Bonchev–Trinajstić information content (AvgIpc) is 2.53. The van der Waals surface area contributed by atoms with Crippen LogP contribution in [-0.2, 0) is 9.59 Å². The second-order valence-corrected chi connectivity index (χ2v) is 9.09. The number of halogens is 2. The molecule has 2 amide bonds. The van der Waals surface area contributed by atoms with E-state index in [1.165, 1.54) is 11.8 Å². The molecule has 0 saturated carbocycles. The molecular formula is C18H25Cl2N3O2S. The Labute approximate surface area is 169 Å². The molecule has 1 aliphatic rings. The van der Waals surface area contributed by atoms with Crippen molar-refractivity contribution in [3.63, 3.8) is 0 Å². The van der Waals surface area contributed by atoms with Crippen molar-refractivity contribution in [2.75, 3.05) is 38.5 Å². The van der Waals surface area contributed by atoms with Gasteiger partial charge in [0.2, 0.25) is 11.8 Å². The molecule has 0 spiro atoms. The second-order valence-electron chi connectivity index (χ2n) is 7.29. The van der Waals surface area contributed by atoms with Gasteiger partial charge >= 0.3 is 0 Å². The number of benzene rings is 1. The van der Waals surface area contributed by atoms with Gasteiger partial charge in [-0.05, 0) is 32.9 Å². The molecule has 1 aromatic carbocycles. The van der Waals surface area contributed by atoms with E-state index in [2.05, 4.69) is 10.2 Å². The van der Waals surface area contributed by atoms with Crippen LogP contribution in [-0.4, -0.2) is 65.6 Å². The Morgan fingerprint density at radius 2 is 1.69 bits per heavy atom. The van der Waals surface area contributed by atoms with Gasteiger partial charge in [0.1, 0.15) is 0 Å². The third kappa shape index (κ3) is 6.65. The fourth-order valence-electron chi connectivity index (χ4n) is 2.66. The first kappa shape index (κ1) is 21.4. The summed E-state index contributed by atoms with van der Waals surface area (Å²) in [6.45, 7) is 8.89. The normalized spacial score (nSPS) is 15.8. The van der Waals surface area contributed by atoms with Crippen molar-refractivity contribution in [3.8, 4) is 0 Å². The molecule has 1 aliphatic heterocycles. The highest BCUT2D eigenvalue weighted by molar-refractivity contribution is 8.00. The monoisotopic (exact) mass is 417 g/mol. The van der Waals surface area contributed by atoms with E-state index in [0.29, 0.717) is 48.5 Å². The summed E-state index contributed by atoms with van der Waals surface area (Å²) in [4.78, 5) is 29.1. The Morgan fingerprint density at radius 3 is 2.23 bits per heavy atom. The minimum atomic E-state index is -0.230. The van der Waals surface area contributed by atoms with Crippen molar-refractivity contribution in [3.05, 3.63) is 28.2 Å². The largest absolute Gasteiger partial charge is 0.350 e. The summed E-state index contributed by atoms with van der Waals surface area (Å²) in [7, 11) is 0. The first-order valence-electron chi connectivity index (χ1n) is 8.53. The van der Waals surface area contributed by atoms with Crippen molar-refractivity contribution in [1.82, 2.24) is 15.1 Å². The maximum Gasteiger partial charge on any atom is 0.234 e. The third-order valence-corrected chi connectivity index (χ3v) is 5.84. The fraction of sp³-hybridized carbons (Fsp3) is 0.556. The Kier molecular flexibility index (Phi) is 7.64. The van der Waals surface area contributed by atoms with Crippen molar-refractivity contribution < 1.29 is 9.59 Å². The standard InChI is InChI=1S/C18H25Cl2N3O2S/c1-18(2,3)21-15(24)11-22-7-9-23(10-8-22)16(25)12-26-17-13(19)5-4-6-14(17)20/h4-6H,7-12H2,1-3H3,(H,21,24). The summed E-state index contributed by atoms with van der Waals surface area (Å²) in [5.74, 6) is 0.375. The zero-order valence-electron chi connectivity index (χ0n) is 15.3. The van der Waals surface area contributed by atoms with Gasteiger partial charge in [-0.2, -0.15) is 0 Å². The second kappa shape index (κ2) is 9.31. The van der Waals surface area contributed by atoms with Crippen molar-refractivity contribution >= 4 is 46.8 Å². The summed E-state index contributed by atoms with van der Waals surface area (Å²) in [5, 5.41) is 4.08. The number of hydrogen-bond donors (Lipinski definition) is 1. The average molecular weight is 418 g/mol. The molecule has 1 fully saturated rings. The van der Waals surface area contributed by atoms with E-state index in [9.17, 15) is 9.59 Å². The van der Waals surface area contributed by atoms with Gasteiger partial charge in [0, 0.05) is 36.6 Å². The number of piperazine rings is 1.